The third-order valence-corrected chi connectivity index (χ3v) is 3.79. The minimum Gasteiger partial charge on any atom is -0.497 e. The summed E-state index contributed by atoms with van der Waals surface area (Å²) < 4.78 is 16.3. The van der Waals surface area contributed by atoms with Crippen molar-refractivity contribution in [2.45, 2.75) is 32.4 Å². The minimum atomic E-state index is 0. The second kappa shape index (κ2) is 13.2. The Kier molecular flexibility index (Phi) is 11.6. The Bertz CT molecular complexity index is 491. The fourth-order valence-electron chi connectivity index (χ4n) is 2.48. The highest BCUT2D eigenvalue weighted by Crippen LogP contribution is 2.12. The van der Waals surface area contributed by atoms with Crippen molar-refractivity contribution in [1.29, 1.82) is 0 Å². The molecule has 0 aromatic heterocycles. The van der Waals surface area contributed by atoms with E-state index < -0.39 is 0 Å². The number of aliphatic imine (C=N–C) groups is 1. The molecule has 2 rings (SSSR count). The Morgan fingerprint density at radius 2 is 2.08 bits per heavy atom. The lowest BCUT2D eigenvalue weighted by molar-refractivity contribution is 0.0191. The van der Waals surface area contributed by atoms with Gasteiger partial charge in [0.25, 0.3) is 0 Å². The summed E-state index contributed by atoms with van der Waals surface area (Å²) in [5.74, 6) is 1.66. The fourth-order valence-corrected chi connectivity index (χ4v) is 2.48. The van der Waals surface area contributed by atoms with Crippen molar-refractivity contribution < 1.29 is 14.2 Å². The smallest absolute Gasteiger partial charge is 0.191 e. The van der Waals surface area contributed by atoms with Crippen LogP contribution >= 0.6 is 24.0 Å². The first-order valence-corrected chi connectivity index (χ1v) is 8.66. The van der Waals surface area contributed by atoms with Crippen molar-refractivity contribution in [3.05, 3.63) is 29.8 Å². The largest absolute Gasteiger partial charge is 0.497 e. The summed E-state index contributed by atoms with van der Waals surface area (Å²) >= 11 is 0. The first kappa shape index (κ1) is 22.0. The normalized spacial score (nSPS) is 17.0. The van der Waals surface area contributed by atoms with Crippen LogP contribution in [0.5, 0.6) is 5.75 Å². The van der Waals surface area contributed by atoms with Gasteiger partial charge in [0.2, 0.25) is 0 Å². The molecule has 0 bridgehead atoms. The van der Waals surface area contributed by atoms with Gasteiger partial charge in [0, 0.05) is 19.7 Å². The molecule has 0 radical (unpaired) electrons. The van der Waals surface area contributed by atoms with Gasteiger partial charge in [-0.15, -0.1) is 24.0 Å². The average molecular weight is 463 g/mol. The third-order valence-electron chi connectivity index (χ3n) is 3.79. The summed E-state index contributed by atoms with van der Waals surface area (Å²) in [7, 11) is 1.67. The number of benzene rings is 1. The van der Waals surface area contributed by atoms with E-state index in [1.807, 2.05) is 24.3 Å². The van der Waals surface area contributed by atoms with Crippen molar-refractivity contribution in [1.82, 2.24) is 10.6 Å². The van der Waals surface area contributed by atoms with Gasteiger partial charge in [-0.3, -0.25) is 0 Å². The van der Waals surface area contributed by atoms with Crippen LogP contribution in [0.3, 0.4) is 0 Å². The van der Waals surface area contributed by atoms with Crippen molar-refractivity contribution in [3.8, 4) is 5.75 Å². The number of ether oxygens (including phenoxy) is 3. The number of guanidine groups is 1. The van der Waals surface area contributed by atoms with Gasteiger partial charge in [-0.1, -0.05) is 12.1 Å². The zero-order valence-corrected chi connectivity index (χ0v) is 17.5. The second-order valence-corrected chi connectivity index (χ2v) is 5.68. The predicted molar refractivity (Wildman–Crippen MR) is 111 cm³/mol. The summed E-state index contributed by atoms with van der Waals surface area (Å²) in [5, 5.41) is 6.53. The molecule has 0 saturated carbocycles. The van der Waals surface area contributed by atoms with E-state index in [-0.39, 0.29) is 30.1 Å². The topological polar surface area (TPSA) is 64.1 Å². The van der Waals surface area contributed by atoms with Gasteiger partial charge in [0.1, 0.15) is 5.75 Å². The maximum absolute atomic E-state index is 5.65. The summed E-state index contributed by atoms with van der Waals surface area (Å²) in [6.45, 7) is 6.42. The highest BCUT2D eigenvalue weighted by atomic mass is 127. The monoisotopic (exact) mass is 463 g/mol. The van der Waals surface area contributed by atoms with Gasteiger partial charge in [0.05, 0.1) is 33.0 Å². The molecule has 1 unspecified atom stereocenters. The molecule has 0 aliphatic carbocycles. The molecule has 2 N–H and O–H groups in total. The molecule has 142 valence electrons. The van der Waals surface area contributed by atoms with E-state index in [2.05, 4.69) is 22.5 Å². The molecule has 0 amide bonds. The standard InChI is InChI=1S/C18H29N3O3.HI/c1-3-19-18(20-10-12-23-14-17-5-4-11-24-17)21-13-15-6-8-16(22-2)9-7-15;/h6-9,17H,3-5,10-14H2,1-2H3,(H2,19,20,21);1H. The van der Waals surface area contributed by atoms with Crippen LogP contribution in [-0.4, -0.2) is 52.1 Å². The van der Waals surface area contributed by atoms with Gasteiger partial charge in [-0.2, -0.15) is 0 Å². The van der Waals surface area contributed by atoms with E-state index in [1.54, 1.807) is 7.11 Å². The van der Waals surface area contributed by atoms with Gasteiger partial charge < -0.3 is 24.8 Å². The lowest BCUT2D eigenvalue weighted by Crippen LogP contribution is -2.39. The van der Waals surface area contributed by atoms with E-state index in [0.717, 1.165) is 49.8 Å². The fraction of sp³-hybridized carbons (Fsp3) is 0.611. The van der Waals surface area contributed by atoms with Crippen LogP contribution < -0.4 is 15.4 Å². The van der Waals surface area contributed by atoms with E-state index in [1.165, 1.54) is 0 Å². The summed E-state index contributed by atoms with van der Waals surface area (Å²) in [6.07, 6.45) is 2.54. The highest BCUT2D eigenvalue weighted by molar-refractivity contribution is 14.0. The molecule has 6 nitrogen and oxygen atoms in total. The van der Waals surface area contributed by atoms with E-state index in [4.69, 9.17) is 14.2 Å². The lowest BCUT2D eigenvalue weighted by atomic mass is 10.2. The van der Waals surface area contributed by atoms with Crippen molar-refractivity contribution in [2.75, 3.05) is 40.0 Å². The molecule has 1 fully saturated rings. The molecule has 1 atom stereocenters. The average Bonchev–Trinajstić information content (AvgIpc) is 3.13. The Morgan fingerprint density at radius 1 is 1.28 bits per heavy atom. The number of rotatable bonds is 9. The van der Waals surface area contributed by atoms with Gasteiger partial charge in [-0.05, 0) is 37.5 Å². The van der Waals surface area contributed by atoms with Crippen LogP contribution in [0.4, 0.5) is 0 Å². The predicted octanol–water partition coefficient (Wildman–Crippen LogP) is 2.56. The maximum atomic E-state index is 5.65. The number of methoxy groups -OCH3 is 1. The summed E-state index contributed by atoms with van der Waals surface area (Å²) in [4.78, 5) is 4.59. The summed E-state index contributed by atoms with van der Waals surface area (Å²) in [5.41, 5.74) is 1.14. The molecule has 25 heavy (non-hydrogen) atoms. The van der Waals surface area contributed by atoms with Crippen LogP contribution in [0.15, 0.2) is 29.3 Å². The van der Waals surface area contributed by atoms with Crippen molar-refractivity contribution in [2.24, 2.45) is 4.99 Å². The maximum Gasteiger partial charge on any atom is 0.191 e. The molecule has 1 aliphatic heterocycles. The first-order valence-electron chi connectivity index (χ1n) is 8.66. The molecular weight excluding hydrogens is 433 g/mol. The number of hydrogen-bond acceptors (Lipinski definition) is 4. The lowest BCUT2D eigenvalue weighted by Gasteiger charge is -2.13. The quantitative estimate of drug-likeness (QED) is 0.255. The van der Waals surface area contributed by atoms with Crippen LogP contribution in [0.2, 0.25) is 0 Å². The zero-order valence-electron chi connectivity index (χ0n) is 15.1. The SMILES string of the molecule is CCNC(=NCc1ccc(OC)cc1)NCCOCC1CCCO1.I. The van der Waals surface area contributed by atoms with Crippen LogP contribution in [0.25, 0.3) is 0 Å². The van der Waals surface area contributed by atoms with E-state index in [9.17, 15) is 0 Å². The van der Waals surface area contributed by atoms with Crippen LogP contribution in [0.1, 0.15) is 25.3 Å². The van der Waals surface area contributed by atoms with Crippen LogP contribution in [0, 0.1) is 0 Å². The minimum absolute atomic E-state index is 0. The van der Waals surface area contributed by atoms with E-state index in [0.29, 0.717) is 19.8 Å². The Morgan fingerprint density at radius 3 is 2.72 bits per heavy atom. The molecule has 7 heteroatoms. The van der Waals surface area contributed by atoms with Gasteiger partial charge in [-0.25, -0.2) is 4.99 Å². The third kappa shape index (κ3) is 8.73. The molecule has 1 saturated heterocycles. The molecule has 1 heterocycles. The van der Waals surface area contributed by atoms with Crippen molar-refractivity contribution in [3.63, 3.8) is 0 Å². The number of nitrogens with one attached hydrogen (secondary N) is 2. The Hall–Kier alpha value is -1.06. The Balaban J connectivity index is 0.00000312. The number of nitrogens with zero attached hydrogens (tertiary/aromatic N) is 1. The molecule has 1 aromatic carbocycles. The zero-order chi connectivity index (χ0) is 17.0. The molecule has 1 aromatic rings. The van der Waals surface area contributed by atoms with Gasteiger partial charge in [0.15, 0.2) is 5.96 Å². The first-order chi connectivity index (χ1) is 11.8. The van der Waals surface area contributed by atoms with Gasteiger partial charge >= 0.3 is 0 Å². The van der Waals surface area contributed by atoms with Crippen LogP contribution in [-0.2, 0) is 16.0 Å². The number of hydrogen-bond donors (Lipinski definition) is 2. The molecular formula is C18H30IN3O3. The number of halogens is 1. The molecule has 1 aliphatic rings. The second-order valence-electron chi connectivity index (χ2n) is 5.68. The van der Waals surface area contributed by atoms with E-state index >= 15 is 0 Å². The summed E-state index contributed by atoms with van der Waals surface area (Å²) in [6, 6.07) is 7.95. The Labute approximate surface area is 167 Å². The highest BCUT2D eigenvalue weighted by Gasteiger charge is 2.14. The molecule has 0 spiro atoms. The van der Waals surface area contributed by atoms with Crippen molar-refractivity contribution >= 4 is 29.9 Å².